The van der Waals surface area contributed by atoms with E-state index in [0.717, 1.165) is 0 Å². The number of nitrogens with zero attached hydrogens (tertiary/aromatic N) is 2. The number of ether oxygens (including phenoxy) is 1. The quantitative estimate of drug-likeness (QED) is 0.476. The van der Waals surface area contributed by atoms with Crippen LogP contribution in [0.1, 0.15) is 0 Å². The molecule has 1 aliphatic rings. The molecule has 0 bridgehead atoms. The second kappa shape index (κ2) is 2.13. The lowest BCUT2D eigenvalue weighted by Gasteiger charge is -2.04. The van der Waals surface area contributed by atoms with E-state index in [9.17, 15) is 0 Å². The molecule has 0 aromatic rings. The van der Waals surface area contributed by atoms with Crippen molar-refractivity contribution >= 4 is 6.34 Å². The van der Waals surface area contributed by atoms with Crippen LogP contribution >= 0.6 is 0 Å². The highest BCUT2D eigenvalue weighted by Crippen LogP contribution is 2.05. The molecule has 1 aliphatic heterocycles. The molecule has 44 valence electrons. The van der Waals surface area contributed by atoms with E-state index in [-0.39, 0.29) is 6.23 Å². The molecule has 0 saturated heterocycles. The number of rotatable bonds is 1. The summed E-state index contributed by atoms with van der Waals surface area (Å²) in [6, 6.07) is 0. The SMILES string of the molecule is COC1[C]N(C)C=N1. The maximum Gasteiger partial charge on any atom is 0.177 e. The monoisotopic (exact) mass is 112 g/mol. The van der Waals surface area contributed by atoms with Crippen LogP contribution in [0.2, 0.25) is 0 Å². The summed E-state index contributed by atoms with van der Waals surface area (Å²) >= 11 is 0. The van der Waals surface area contributed by atoms with Crippen molar-refractivity contribution in [1.29, 1.82) is 0 Å². The first kappa shape index (κ1) is 5.56. The number of hydrogen-bond acceptors (Lipinski definition) is 3. The van der Waals surface area contributed by atoms with Gasteiger partial charge < -0.3 is 9.64 Å². The molecule has 0 fully saturated rings. The molecule has 8 heavy (non-hydrogen) atoms. The Labute approximate surface area is 49.0 Å². The Kier molecular flexibility index (Phi) is 1.48. The molecule has 0 aromatic carbocycles. The van der Waals surface area contributed by atoms with Crippen LogP contribution in [-0.4, -0.2) is 31.6 Å². The Morgan fingerprint density at radius 3 is 2.88 bits per heavy atom. The number of likely N-dealkylation sites (N-methyl/N-ethyl adjacent to an activating group) is 1. The minimum Gasteiger partial charge on any atom is -0.357 e. The fraction of sp³-hybridized carbons (Fsp3) is 0.600. The number of aliphatic imine (C=N–C) groups is 1. The molecular formula is C5H8N2O. The van der Waals surface area contributed by atoms with E-state index in [1.54, 1.807) is 18.3 Å². The molecule has 0 amide bonds. The Hall–Kier alpha value is -0.570. The predicted molar refractivity (Wildman–Crippen MR) is 30.3 cm³/mol. The maximum atomic E-state index is 4.83. The lowest BCUT2D eigenvalue weighted by Crippen LogP contribution is -2.12. The Balaban J connectivity index is 2.34. The zero-order valence-electron chi connectivity index (χ0n) is 4.96. The van der Waals surface area contributed by atoms with Crippen LogP contribution in [0, 0.1) is 6.54 Å². The smallest absolute Gasteiger partial charge is 0.177 e. The zero-order chi connectivity index (χ0) is 5.98. The van der Waals surface area contributed by atoms with Gasteiger partial charge in [-0.1, -0.05) is 0 Å². The highest BCUT2D eigenvalue weighted by Gasteiger charge is 2.13. The van der Waals surface area contributed by atoms with Crippen LogP contribution in [0.25, 0.3) is 0 Å². The molecule has 0 saturated carbocycles. The predicted octanol–water partition coefficient (Wildman–Crippen LogP) is -0.0286. The molecule has 1 heterocycles. The van der Waals surface area contributed by atoms with Crippen molar-refractivity contribution in [2.24, 2.45) is 4.99 Å². The van der Waals surface area contributed by atoms with Crippen molar-refractivity contribution in [3.8, 4) is 0 Å². The van der Waals surface area contributed by atoms with Crippen molar-refractivity contribution in [3.63, 3.8) is 0 Å². The highest BCUT2D eigenvalue weighted by molar-refractivity contribution is 5.58. The van der Waals surface area contributed by atoms with E-state index in [0.29, 0.717) is 0 Å². The average Bonchev–Trinajstić information content (AvgIpc) is 2.14. The first-order valence-electron chi connectivity index (χ1n) is 2.38. The van der Waals surface area contributed by atoms with Gasteiger partial charge in [0.25, 0.3) is 0 Å². The van der Waals surface area contributed by atoms with Gasteiger partial charge in [0.15, 0.2) is 6.23 Å². The summed E-state index contributed by atoms with van der Waals surface area (Å²) in [5, 5.41) is 0. The van der Waals surface area contributed by atoms with Crippen LogP contribution in [0.5, 0.6) is 0 Å². The summed E-state index contributed by atoms with van der Waals surface area (Å²) in [5.74, 6) is 0. The first-order valence-corrected chi connectivity index (χ1v) is 2.38. The molecular weight excluding hydrogens is 104 g/mol. The van der Waals surface area contributed by atoms with Gasteiger partial charge in [-0.05, 0) is 0 Å². The zero-order valence-corrected chi connectivity index (χ0v) is 4.96. The van der Waals surface area contributed by atoms with E-state index in [1.165, 1.54) is 0 Å². The normalized spacial score (nSPS) is 27.2. The van der Waals surface area contributed by atoms with Crippen molar-refractivity contribution in [2.75, 3.05) is 14.2 Å². The van der Waals surface area contributed by atoms with Gasteiger partial charge >= 0.3 is 0 Å². The van der Waals surface area contributed by atoms with Crippen LogP contribution < -0.4 is 0 Å². The number of hydrogen-bond donors (Lipinski definition) is 0. The van der Waals surface area contributed by atoms with Gasteiger partial charge in [0.2, 0.25) is 0 Å². The van der Waals surface area contributed by atoms with Gasteiger partial charge in [-0.15, -0.1) is 0 Å². The summed E-state index contributed by atoms with van der Waals surface area (Å²) < 4.78 is 4.83. The summed E-state index contributed by atoms with van der Waals surface area (Å²) in [4.78, 5) is 5.65. The van der Waals surface area contributed by atoms with Gasteiger partial charge in [0.05, 0.1) is 6.34 Å². The van der Waals surface area contributed by atoms with E-state index < -0.39 is 0 Å². The van der Waals surface area contributed by atoms with Crippen molar-refractivity contribution in [1.82, 2.24) is 4.90 Å². The molecule has 1 unspecified atom stereocenters. The third-order valence-electron chi connectivity index (χ3n) is 0.913. The summed E-state index contributed by atoms with van der Waals surface area (Å²) in [5.41, 5.74) is 0. The van der Waals surface area contributed by atoms with Crippen molar-refractivity contribution in [3.05, 3.63) is 6.54 Å². The minimum absolute atomic E-state index is 0.181. The number of methoxy groups -OCH3 is 1. The topological polar surface area (TPSA) is 24.8 Å². The molecule has 0 aliphatic carbocycles. The molecule has 3 heteroatoms. The van der Waals surface area contributed by atoms with Crippen LogP contribution in [-0.2, 0) is 4.74 Å². The lowest BCUT2D eigenvalue weighted by atomic mass is 10.6. The minimum atomic E-state index is -0.181. The van der Waals surface area contributed by atoms with E-state index in [4.69, 9.17) is 4.74 Å². The maximum absolute atomic E-state index is 4.83. The summed E-state index contributed by atoms with van der Waals surface area (Å²) in [6.07, 6.45) is 1.49. The molecule has 0 N–H and O–H groups in total. The van der Waals surface area contributed by atoms with Gasteiger partial charge in [0, 0.05) is 14.2 Å². The van der Waals surface area contributed by atoms with Gasteiger partial charge in [-0.3, -0.25) is 0 Å². The molecule has 2 radical (unpaired) electrons. The lowest BCUT2D eigenvalue weighted by molar-refractivity contribution is 0.131. The second-order valence-electron chi connectivity index (χ2n) is 1.59. The third-order valence-corrected chi connectivity index (χ3v) is 0.913. The molecule has 3 nitrogen and oxygen atoms in total. The fourth-order valence-corrected chi connectivity index (χ4v) is 0.515. The Bertz CT molecular complexity index is 103. The average molecular weight is 112 g/mol. The van der Waals surface area contributed by atoms with Crippen LogP contribution in [0.4, 0.5) is 0 Å². The molecule has 0 aromatic heterocycles. The van der Waals surface area contributed by atoms with Crippen molar-refractivity contribution in [2.45, 2.75) is 6.23 Å². The summed E-state index contributed by atoms with van der Waals surface area (Å²) in [6.45, 7) is 2.89. The van der Waals surface area contributed by atoms with Crippen molar-refractivity contribution < 1.29 is 4.74 Å². The largest absolute Gasteiger partial charge is 0.357 e. The van der Waals surface area contributed by atoms with Crippen LogP contribution in [0.15, 0.2) is 4.99 Å². The third kappa shape index (κ3) is 0.980. The Morgan fingerprint density at radius 2 is 2.62 bits per heavy atom. The highest BCUT2D eigenvalue weighted by atomic mass is 16.5. The fourth-order valence-electron chi connectivity index (χ4n) is 0.515. The van der Waals surface area contributed by atoms with E-state index in [1.807, 2.05) is 7.05 Å². The van der Waals surface area contributed by atoms with E-state index >= 15 is 0 Å². The van der Waals surface area contributed by atoms with Gasteiger partial charge in [-0.25, -0.2) is 4.99 Å². The van der Waals surface area contributed by atoms with Crippen LogP contribution in [0.3, 0.4) is 0 Å². The Morgan fingerprint density at radius 1 is 1.88 bits per heavy atom. The molecule has 0 spiro atoms. The first-order chi connectivity index (χ1) is 3.83. The van der Waals surface area contributed by atoms with Gasteiger partial charge in [0.1, 0.15) is 6.54 Å². The second-order valence-corrected chi connectivity index (χ2v) is 1.59. The summed E-state index contributed by atoms with van der Waals surface area (Å²) in [7, 11) is 3.47. The standard InChI is InChI=1S/C5H8N2O/c1-7-3-5(8-2)6-4-7/h4-5H,1-2H3. The van der Waals surface area contributed by atoms with E-state index in [2.05, 4.69) is 11.5 Å². The molecule has 1 atom stereocenters. The van der Waals surface area contributed by atoms with Gasteiger partial charge in [-0.2, -0.15) is 0 Å². The molecule has 1 rings (SSSR count).